The van der Waals surface area contributed by atoms with Crippen molar-refractivity contribution in [3.05, 3.63) is 11.1 Å². The monoisotopic (exact) mass is 315 g/mol. The van der Waals surface area contributed by atoms with Crippen molar-refractivity contribution in [1.82, 2.24) is 5.32 Å². The summed E-state index contributed by atoms with van der Waals surface area (Å²) >= 11 is 0. The van der Waals surface area contributed by atoms with Gasteiger partial charge in [-0.25, -0.2) is 0 Å². The Morgan fingerprint density at radius 1 is 1.22 bits per heavy atom. The van der Waals surface area contributed by atoms with Crippen molar-refractivity contribution >= 4 is 6.41 Å². The van der Waals surface area contributed by atoms with Gasteiger partial charge in [0.1, 0.15) is 0 Å². The van der Waals surface area contributed by atoms with Crippen LogP contribution in [-0.2, 0) is 4.79 Å². The van der Waals surface area contributed by atoms with E-state index >= 15 is 0 Å². The van der Waals surface area contributed by atoms with Crippen molar-refractivity contribution < 1.29 is 4.79 Å². The van der Waals surface area contributed by atoms with E-state index < -0.39 is 0 Å². The molecule has 0 spiro atoms. The Hall–Kier alpha value is -0.790. The average molecular weight is 316 g/mol. The van der Waals surface area contributed by atoms with E-state index in [1.54, 1.807) is 0 Å². The second-order valence-electron chi connectivity index (χ2n) is 10.1. The molecule has 0 aliphatic heterocycles. The molecule has 4 aliphatic rings. The van der Waals surface area contributed by atoms with Crippen LogP contribution in [0.4, 0.5) is 0 Å². The number of hydrogen-bond acceptors (Lipinski definition) is 1. The first-order valence-electron chi connectivity index (χ1n) is 9.78. The number of nitrogens with one attached hydrogen (secondary N) is 1. The highest BCUT2D eigenvalue weighted by molar-refractivity contribution is 5.48. The summed E-state index contributed by atoms with van der Waals surface area (Å²) in [6, 6.07) is 0. The van der Waals surface area contributed by atoms with Gasteiger partial charge in [0.2, 0.25) is 6.41 Å². The van der Waals surface area contributed by atoms with Gasteiger partial charge >= 0.3 is 0 Å². The summed E-state index contributed by atoms with van der Waals surface area (Å²) in [4.78, 5) is 11.2. The number of hydrogen-bond donors (Lipinski definition) is 1. The van der Waals surface area contributed by atoms with E-state index in [4.69, 9.17) is 0 Å². The van der Waals surface area contributed by atoms with E-state index in [9.17, 15) is 4.79 Å². The van der Waals surface area contributed by atoms with Gasteiger partial charge in [-0.15, -0.1) is 0 Å². The normalized spacial score (nSPS) is 47.7. The molecule has 0 heterocycles. The molecule has 4 rings (SSSR count). The number of allylic oxidation sites excluding steroid dienone is 2. The highest BCUT2D eigenvalue weighted by Crippen LogP contribution is 2.62. The molecule has 128 valence electrons. The van der Waals surface area contributed by atoms with Gasteiger partial charge < -0.3 is 5.32 Å². The minimum atomic E-state index is 0.0238. The summed E-state index contributed by atoms with van der Waals surface area (Å²) in [5.41, 5.74) is 4.21. The summed E-state index contributed by atoms with van der Waals surface area (Å²) in [6.45, 7) is 9.76. The lowest BCUT2D eigenvalue weighted by molar-refractivity contribution is -0.113. The summed E-state index contributed by atoms with van der Waals surface area (Å²) < 4.78 is 0. The lowest BCUT2D eigenvalue weighted by Crippen LogP contribution is -2.59. The first kappa shape index (κ1) is 15.7. The molecule has 2 fully saturated rings. The van der Waals surface area contributed by atoms with Crippen LogP contribution < -0.4 is 5.32 Å². The third-order valence-corrected chi connectivity index (χ3v) is 7.94. The highest BCUT2D eigenvalue weighted by atomic mass is 16.1. The molecule has 2 heteroatoms. The van der Waals surface area contributed by atoms with Crippen LogP contribution in [0.5, 0.6) is 0 Å². The van der Waals surface area contributed by atoms with Crippen molar-refractivity contribution in [3.63, 3.8) is 0 Å². The van der Waals surface area contributed by atoms with Crippen LogP contribution in [-0.4, -0.2) is 11.9 Å². The molecule has 1 N–H and O–H groups in total. The Kier molecular flexibility index (Phi) is 3.49. The van der Waals surface area contributed by atoms with Crippen molar-refractivity contribution in [2.45, 2.75) is 78.2 Å². The van der Waals surface area contributed by atoms with E-state index in [-0.39, 0.29) is 5.54 Å². The van der Waals surface area contributed by atoms with Gasteiger partial charge in [0.05, 0.1) is 0 Å². The van der Waals surface area contributed by atoms with Gasteiger partial charge in [-0.1, -0.05) is 31.9 Å². The Labute approximate surface area is 141 Å². The van der Waals surface area contributed by atoms with Crippen LogP contribution in [0.2, 0.25) is 0 Å². The Morgan fingerprint density at radius 3 is 2.74 bits per heavy atom. The number of amides is 1. The molecule has 0 aromatic carbocycles. The summed E-state index contributed by atoms with van der Waals surface area (Å²) in [6.07, 6.45) is 10.1. The van der Waals surface area contributed by atoms with E-state index in [1.165, 1.54) is 44.9 Å². The zero-order valence-electron chi connectivity index (χ0n) is 15.3. The molecular formula is C21H33NO. The maximum atomic E-state index is 11.2. The molecule has 0 bridgehead atoms. The Balaban J connectivity index is 1.77. The van der Waals surface area contributed by atoms with Gasteiger partial charge in [0.25, 0.3) is 0 Å². The maximum absolute atomic E-state index is 11.2. The third kappa shape index (κ3) is 2.31. The Morgan fingerprint density at radius 2 is 2.00 bits per heavy atom. The summed E-state index contributed by atoms with van der Waals surface area (Å²) in [5.74, 6) is 3.97. The highest BCUT2D eigenvalue weighted by Gasteiger charge is 2.55. The van der Waals surface area contributed by atoms with E-state index in [0.717, 1.165) is 30.1 Å². The molecule has 1 amide bonds. The summed E-state index contributed by atoms with van der Waals surface area (Å²) in [7, 11) is 0. The largest absolute Gasteiger partial charge is 0.353 e. The molecule has 23 heavy (non-hydrogen) atoms. The first-order valence-corrected chi connectivity index (χ1v) is 9.78. The molecule has 2 saturated carbocycles. The maximum Gasteiger partial charge on any atom is 0.207 e. The smallest absolute Gasteiger partial charge is 0.207 e. The quantitative estimate of drug-likeness (QED) is 0.581. The van der Waals surface area contributed by atoms with Gasteiger partial charge in [-0.2, -0.15) is 0 Å². The molecule has 6 atom stereocenters. The number of carbonyl (C=O) groups excluding carboxylic acids is 1. The van der Waals surface area contributed by atoms with Crippen molar-refractivity contribution in [2.24, 2.45) is 35.0 Å². The molecule has 1 unspecified atom stereocenters. The molecule has 0 saturated heterocycles. The minimum absolute atomic E-state index is 0.0238. The van der Waals surface area contributed by atoms with Gasteiger partial charge in [0, 0.05) is 5.54 Å². The second-order valence-corrected chi connectivity index (χ2v) is 10.1. The third-order valence-electron chi connectivity index (χ3n) is 7.94. The molecule has 2 nitrogen and oxygen atoms in total. The van der Waals surface area contributed by atoms with Crippen molar-refractivity contribution in [1.29, 1.82) is 0 Å². The van der Waals surface area contributed by atoms with Crippen LogP contribution in [0.25, 0.3) is 0 Å². The molecule has 0 aromatic heterocycles. The number of rotatable bonds is 2. The van der Waals surface area contributed by atoms with E-state index in [1.807, 2.05) is 11.1 Å². The topological polar surface area (TPSA) is 29.1 Å². The van der Waals surface area contributed by atoms with Crippen LogP contribution in [0, 0.1) is 35.0 Å². The fourth-order valence-electron chi connectivity index (χ4n) is 7.15. The van der Waals surface area contributed by atoms with Gasteiger partial charge in [0.15, 0.2) is 0 Å². The predicted octanol–water partition coefficient (Wildman–Crippen LogP) is 4.70. The molecular weight excluding hydrogens is 282 g/mol. The first-order chi connectivity index (χ1) is 10.8. The zero-order chi connectivity index (χ0) is 16.4. The number of carbonyl (C=O) groups is 1. The van der Waals surface area contributed by atoms with E-state index in [2.05, 4.69) is 33.0 Å². The average Bonchev–Trinajstić information content (AvgIpc) is 2.45. The zero-order valence-corrected chi connectivity index (χ0v) is 15.3. The standard InChI is InChI=1S/C21H33NO/c1-13-9-15-11-20(2,3)10-14-5-6-17-19(18(14)15)16(13)7-8-21(17,4)22-12-23/h12-13,15-17,19H,5-11H2,1-4H3,(H,22,23)/t13-,15-,16?,17+,19+,21-/m0/s1. The summed E-state index contributed by atoms with van der Waals surface area (Å²) in [5, 5.41) is 3.24. The Bertz CT molecular complexity index is 548. The van der Waals surface area contributed by atoms with Crippen LogP contribution in [0.1, 0.15) is 72.6 Å². The van der Waals surface area contributed by atoms with Crippen LogP contribution >= 0.6 is 0 Å². The fraction of sp³-hybridized carbons (Fsp3) is 0.857. The van der Waals surface area contributed by atoms with Gasteiger partial charge in [-0.05, 0) is 86.9 Å². The van der Waals surface area contributed by atoms with Crippen molar-refractivity contribution in [2.75, 3.05) is 0 Å². The minimum Gasteiger partial charge on any atom is -0.353 e. The molecule has 0 radical (unpaired) electrons. The lowest BCUT2D eigenvalue weighted by atomic mass is 9.46. The molecule has 0 aromatic rings. The SMILES string of the molecule is C[C@H]1C[C@H]2CC(C)(C)CC3=C2[C@@H]2C1CC[C@](C)(NC=O)[C@@H]2CC3. The molecule has 4 aliphatic carbocycles. The van der Waals surface area contributed by atoms with E-state index in [0.29, 0.717) is 11.3 Å². The van der Waals surface area contributed by atoms with Crippen molar-refractivity contribution in [3.8, 4) is 0 Å². The van der Waals surface area contributed by atoms with Crippen LogP contribution in [0.3, 0.4) is 0 Å². The second kappa shape index (κ2) is 5.10. The van der Waals surface area contributed by atoms with Crippen LogP contribution in [0.15, 0.2) is 11.1 Å². The predicted molar refractivity (Wildman–Crippen MR) is 93.9 cm³/mol. The van der Waals surface area contributed by atoms with Gasteiger partial charge in [-0.3, -0.25) is 4.79 Å². The lowest BCUT2D eigenvalue weighted by Gasteiger charge is -2.60. The fourth-order valence-corrected chi connectivity index (χ4v) is 7.15.